The molecule has 2 heterocycles. The van der Waals surface area contributed by atoms with E-state index in [1.165, 1.54) is 0 Å². The summed E-state index contributed by atoms with van der Waals surface area (Å²) in [7, 11) is 0. The summed E-state index contributed by atoms with van der Waals surface area (Å²) in [4.78, 5) is 13.3. The van der Waals surface area contributed by atoms with E-state index in [0.29, 0.717) is 18.3 Å². The van der Waals surface area contributed by atoms with Gasteiger partial charge in [0.2, 0.25) is 5.89 Å². The topological polar surface area (TPSA) is 96.9 Å². The largest absolute Gasteiger partial charge is 0.348 e. The molecule has 3 N–H and O–H groups in total. The number of H-pyrrole nitrogens is 1. The van der Waals surface area contributed by atoms with Crippen molar-refractivity contribution in [1.82, 2.24) is 20.1 Å². The van der Waals surface area contributed by atoms with Crippen LogP contribution in [0.15, 0.2) is 17.0 Å². The van der Waals surface area contributed by atoms with Crippen LogP contribution in [-0.4, -0.2) is 33.2 Å². The van der Waals surface area contributed by atoms with E-state index in [1.54, 1.807) is 12.5 Å². The first-order chi connectivity index (χ1) is 8.74. The van der Waals surface area contributed by atoms with E-state index in [4.69, 9.17) is 10.3 Å². The van der Waals surface area contributed by atoms with E-state index >= 15 is 0 Å². The van der Waals surface area contributed by atoms with Gasteiger partial charge < -0.3 is 20.1 Å². The fourth-order valence-electron chi connectivity index (χ4n) is 1.73. The summed E-state index contributed by atoms with van der Waals surface area (Å²) in [6.45, 7) is 5.77. The molecular formula is C11H18N6O. The summed E-state index contributed by atoms with van der Waals surface area (Å²) in [6, 6.07) is -0.317. The lowest BCUT2D eigenvalue weighted by Crippen LogP contribution is -2.23. The predicted molar refractivity (Wildman–Crippen MR) is 67.1 cm³/mol. The number of hydrogen-bond donors (Lipinski definition) is 2. The molecule has 0 radical (unpaired) electrons. The average molecular weight is 250 g/mol. The second kappa shape index (κ2) is 5.63. The van der Waals surface area contributed by atoms with Crippen molar-refractivity contribution < 1.29 is 4.52 Å². The van der Waals surface area contributed by atoms with Gasteiger partial charge >= 0.3 is 0 Å². The third-order valence-corrected chi connectivity index (χ3v) is 2.79. The number of aromatic amines is 1. The molecule has 0 unspecified atom stereocenters. The van der Waals surface area contributed by atoms with Crippen LogP contribution in [0.25, 0.3) is 0 Å². The average Bonchev–Trinajstić information content (AvgIpc) is 3.01. The lowest BCUT2D eigenvalue weighted by atomic mass is 10.2. The molecule has 0 saturated carbocycles. The number of rotatable bonds is 6. The van der Waals surface area contributed by atoms with Crippen LogP contribution in [0.3, 0.4) is 0 Å². The van der Waals surface area contributed by atoms with Gasteiger partial charge in [-0.05, 0) is 19.0 Å². The minimum Gasteiger partial charge on any atom is -0.348 e. The van der Waals surface area contributed by atoms with Crippen molar-refractivity contribution in [2.24, 2.45) is 5.73 Å². The van der Waals surface area contributed by atoms with Gasteiger partial charge in [0.25, 0.3) is 5.95 Å². The van der Waals surface area contributed by atoms with E-state index in [2.05, 4.69) is 20.1 Å². The Morgan fingerprint density at radius 1 is 1.44 bits per heavy atom. The van der Waals surface area contributed by atoms with Crippen molar-refractivity contribution in [1.29, 1.82) is 0 Å². The summed E-state index contributed by atoms with van der Waals surface area (Å²) in [5.74, 6) is 1.04. The number of anilines is 1. The monoisotopic (exact) mass is 250 g/mol. The van der Waals surface area contributed by atoms with Crippen molar-refractivity contribution in [3.8, 4) is 0 Å². The Morgan fingerprint density at radius 3 is 2.83 bits per heavy atom. The maximum absolute atomic E-state index is 6.02. The first kappa shape index (κ1) is 12.6. The molecule has 0 amide bonds. The summed E-state index contributed by atoms with van der Waals surface area (Å²) < 4.78 is 5.20. The highest BCUT2D eigenvalue weighted by Gasteiger charge is 2.17. The van der Waals surface area contributed by atoms with Gasteiger partial charge in [-0.25, -0.2) is 4.98 Å². The SMILES string of the molecule is CCN(CC)c1noc([C@H](N)Cc2cnc[nH]2)n1. The second-order valence-corrected chi connectivity index (χ2v) is 3.99. The Balaban J connectivity index is 2.05. The Kier molecular flexibility index (Phi) is 3.93. The second-order valence-electron chi connectivity index (χ2n) is 3.99. The molecule has 0 spiro atoms. The smallest absolute Gasteiger partial charge is 0.266 e. The Morgan fingerprint density at radius 2 is 2.22 bits per heavy atom. The first-order valence-electron chi connectivity index (χ1n) is 6.06. The third kappa shape index (κ3) is 2.67. The summed E-state index contributed by atoms with van der Waals surface area (Å²) in [6.07, 6.45) is 3.96. The molecule has 1 atom stereocenters. The maximum atomic E-state index is 6.02. The fourth-order valence-corrected chi connectivity index (χ4v) is 1.73. The summed E-state index contributed by atoms with van der Waals surface area (Å²) in [5, 5.41) is 3.94. The molecule has 7 heteroatoms. The number of nitrogens with one attached hydrogen (secondary N) is 1. The summed E-state index contributed by atoms with van der Waals surface area (Å²) in [5.41, 5.74) is 6.97. The maximum Gasteiger partial charge on any atom is 0.266 e. The van der Waals surface area contributed by atoms with Crippen molar-refractivity contribution in [3.63, 3.8) is 0 Å². The summed E-state index contributed by atoms with van der Waals surface area (Å²) >= 11 is 0. The van der Waals surface area contributed by atoms with Gasteiger partial charge in [-0.2, -0.15) is 4.98 Å². The lowest BCUT2D eigenvalue weighted by molar-refractivity contribution is 0.353. The quantitative estimate of drug-likeness (QED) is 0.790. The van der Waals surface area contributed by atoms with E-state index in [1.807, 2.05) is 18.7 Å². The van der Waals surface area contributed by atoms with E-state index in [-0.39, 0.29) is 6.04 Å². The highest BCUT2D eigenvalue weighted by molar-refractivity contribution is 5.27. The zero-order chi connectivity index (χ0) is 13.0. The van der Waals surface area contributed by atoms with Crippen LogP contribution in [0.2, 0.25) is 0 Å². The minimum atomic E-state index is -0.317. The van der Waals surface area contributed by atoms with E-state index in [9.17, 15) is 0 Å². The van der Waals surface area contributed by atoms with Crippen LogP contribution in [0, 0.1) is 0 Å². The molecule has 0 aromatic carbocycles. The molecule has 0 bridgehead atoms. The van der Waals surface area contributed by atoms with Crippen LogP contribution >= 0.6 is 0 Å². The number of hydrogen-bond acceptors (Lipinski definition) is 6. The van der Waals surface area contributed by atoms with Crippen molar-refractivity contribution in [3.05, 3.63) is 24.1 Å². The van der Waals surface area contributed by atoms with Gasteiger partial charge in [-0.3, -0.25) is 0 Å². The standard InChI is InChI=1S/C11H18N6O/c1-3-17(4-2)11-15-10(18-16-11)9(12)5-8-6-13-7-14-8/h6-7,9H,3-5,12H2,1-2H3,(H,13,14)/t9-/m1/s1. The third-order valence-electron chi connectivity index (χ3n) is 2.79. The number of nitrogens with zero attached hydrogens (tertiary/aromatic N) is 4. The van der Waals surface area contributed by atoms with Crippen LogP contribution < -0.4 is 10.6 Å². The normalized spacial score (nSPS) is 12.6. The number of aromatic nitrogens is 4. The number of nitrogens with two attached hydrogens (primary N) is 1. The molecule has 0 aliphatic carbocycles. The van der Waals surface area contributed by atoms with Crippen molar-refractivity contribution >= 4 is 5.95 Å². The molecular weight excluding hydrogens is 232 g/mol. The Hall–Kier alpha value is -1.89. The molecule has 2 rings (SSSR count). The van der Waals surface area contributed by atoms with Gasteiger partial charge in [0.15, 0.2) is 0 Å². The predicted octanol–water partition coefficient (Wildman–Crippen LogP) is 0.881. The highest BCUT2D eigenvalue weighted by atomic mass is 16.5. The lowest BCUT2D eigenvalue weighted by Gasteiger charge is -2.14. The van der Waals surface area contributed by atoms with Crippen LogP contribution in [0.1, 0.15) is 31.5 Å². The molecule has 0 fully saturated rings. The van der Waals surface area contributed by atoms with Gasteiger partial charge in [-0.15, -0.1) is 0 Å². The van der Waals surface area contributed by atoms with Gasteiger partial charge in [0, 0.05) is 31.4 Å². The molecule has 18 heavy (non-hydrogen) atoms. The van der Waals surface area contributed by atoms with E-state index in [0.717, 1.165) is 18.8 Å². The zero-order valence-electron chi connectivity index (χ0n) is 10.6. The van der Waals surface area contributed by atoms with Crippen LogP contribution in [0.5, 0.6) is 0 Å². The Bertz CT molecular complexity index is 462. The fraction of sp³-hybridized carbons (Fsp3) is 0.545. The number of imidazole rings is 1. The van der Waals surface area contributed by atoms with Gasteiger partial charge in [0.05, 0.1) is 12.4 Å². The van der Waals surface area contributed by atoms with Crippen LogP contribution in [-0.2, 0) is 6.42 Å². The zero-order valence-corrected chi connectivity index (χ0v) is 10.6. The Labute approximate surface area is 105 Å². The van der Waals surface area contributed by atoms with Crippen molar-refractivity contribution in [2.75, 3.05) is 18.0 Å². The molecule has 7 nitrogen and oxygen atoms in total. The molecule has 2 aromatic rings. The molecule has 0 aliphatic rings. The molecule has 0 aliphatic heterocycles. The minimum absolute atomic E-state index is 0.317. The van der Waals surface area contributed by atoms with Crippen molar-refractivity contribution in [2.45, 2.75) is 26.3 Å². The highest BCUT2D eigenvalue weighted by Crippen LogP contribution is 2.16. The van der Waals surface area contributed by atoms with Gasteiger partial charge in [0.1, 0.15) is 0 Å². The first-order valence-corrected chi connectivity index (χ1v) is 6.06. The molecule has 2 aromatic heterocycles. The molecule has 0 saturated heterocycles. The van der Waals surface area contributed by atoms with E-state index < -0.39 is 0 Å². The van der Waals surface area contributed by atoms with Crippen LogP contribution in [0.4, 0.5) is 5.95 Å². The van der Waals surface area contributed by atoms with Gasteiger partial charge in [-0.1, -0.05) is 0 Å². The molecule has 98 valence electrons.